The van der Waals surface area contributed by atoms with Crippen molar-refractivity contribution >= 4 is 53.1 Å². The van der Waals surface area contributed by atoms with Crippen LogP contribution in [0.1, 0.15) is 43.7 Å². The minimum Gasteiger partial charge on any atom is -0.522 e. The number of quaternary nitrogens is 1. The van der Waals surface area contributed by atoms with Gasteiger partial charge in [0.15, 0.2) is 0 Å². The number of para-hydroxylation sites is 1. The van der Waals surface area contributed by atoms with Crippen molar-refractivity contribution in [3.63, 3.8) is 0 Å². The van der Waals surface area contributed by atoms with E-state index in [4.69, 9.17) is 44.1 Å². The summed E-state index contributed by atoms with van der Waals surface area (Å²) in [4.78, 5) is 0. The Morgan fingerprint density at radius 1 is 0.587 bits per heavy atom. The lowest BCUT2D eigenvalue weighted by molar-refractivity contribution is 0.392. The van der Waals surface area contributed by atoms with E-state index in [2.05, 4.69) is 81.7 Å². The maximum absolute atomic E-state index is 6.31. The maximum atomic E-state index is 6.31. The van der Waals surface area contributed by atoms with E-state index in [9.17, 15) is 0 Å². The summed E-state index contributed by atoms with van der Waals surface area (Å²) in [5.41, 5.74) is 4.80. The molecule has 3 nitrogen and oxygen atoms in total. The molecule has 0 amide bonds. The van der Waals surface area contributed by atoms with Crippen LogP contribution in [0.15, 0.2) is 127 Å². The van der Waals surface area contributed by atoms with Crippen LogP contribution < -0.4 is 19.3 Å². The van der Waals surface area contributed by atoms with E-state index in [0.29, 0.717) is 26.6 Å². The largest absolute Gasteiger partial charge is 0.632 e. The Hall–Kier alpha value is -3.41. The van der Waals surface area contributed by atoms with Gasteiger partial charge in [0, 0.05) is 26.1 Å². The quantitative estimate of drug-likeness (QED) is 0.0704. The van der Waals surface area contributed by atoms with Crippen LogP contribution in [0, 0.1) is 0 Å². The van der Waals surface area contributed by atoms with Crippen LogP contribution in [0.2, 0.25) is 15.1 Å². The number of hydrogen-bond acceptors (Lipinski definition) is 2. The minimum absolute atomic E-state index is 0.634. The first-order valence-electron chi connectivity index (χ1n) is 15.8. The molecular formula is C39H42BCl3NO2+. The van der Waals surface area contributed by atoms with E-state index < -0.39 is 7.12 Å². The topological polar surface area (TPSA) is 18.5 Å². The Morgan fingerprint density at radius 3 is 1.65 bits per heavy atom. The molecule has 0 aliphatic rings. The van der Waals surface area contributed by atoms with Gasteiger partial charge < -0.3 is 9.31 Å². The van der Waals surface area contributed by atoms with Gasteiger partial charge in [-0.2, -0.15) is 0 Å². The van der Waals surface area contributed by atoms with Crippen molar-refractivity contribution in [3.05, 3.63) is 154 Å². The smallest absolute Gasteiger partial charge is 0.522 e. The third-order valence-corrected chi connectivity index (χ3v) is 8.39. The highest BCUT2D eigenvalue weighted by Crippen LogP contribution is 2.23. The fourth-order valence-corrected chi connectivity index (χ4v) is 5.60. The fourth-order valence-electron chi connectivity index (χ4n) is 5.15. The predicted octanol–water partition coefficient (Wildman–Crippen LogP) is 11.1. The van der Waals surface area contributed by atoms with Crippen molar-refractivity contribution < 1.29 is 9.31 Å². The molecule has 0 aliphatic heterocycles. The van der Waals surface area contributed by atoms with Gasteiger partial charge in [-0.05, 0) is 91.2 Å². The lowest BCUT2D eigenvalue weighted by Crippen LogP contribution is -2.44. The molecule has 7 heteroatoms. The summed E-state index contributed by atoms with van der Waals surface area (Å²) in [6, 6.07) is 41.6. The van der Waals surface area contributed by atoms with Crippen LogP contribution in [0.5, 0.6) is 11.5 Å². The van der Waals surface area contributed by atoms with E-state index in [1.807, 2.05) is 42.5 Å². The summed E-state index contributed by atoms with van der Waals surface area (Å²) < 4.78 is 13.4. The Kier molecular flexibility index (Phi) is 13.9. The van der Waals surface area contributed by atoms with Gasteiger partial charge in [0.2, 0.25) is 0 Å². The maximum Gasteiger partial charge on any atom is 0.632 e. The van der Waals surface area contributed by atoms with Crippen molar-refractivity contribution in [1.29, 1.82) is 0 Å². The molecule has 0 aliphatic carbocycles. The van der Waals surface area contributed by atoms with E-state index in [-0.39, 0.29) is 0 Å². The lowest BCUT2D eigenvalue weighted by Gasteiger charge is -2.29. The summed E-state index contributed by atoms with van der Waals surface area (Å²) in [5.74, 6) is 1.34. The number of halogens is 3. The van der Waals surface area contributed by atoms with Gasteiger partial charge >= 0.3 is 7.12 Å². The second-order valence-electron chi connectivity index (χ2n) is 11.8. The van der Waals surface area contributed by atoms with Gasteiger partial charge in [-0.1, -0.05) is 116 Å². The van der Waals surface area contributed by atoms with Crippen LogP contribution in [0.25, 0.3) is 0 Å². The first-order valence-corrected chi connectivity index (χ1v) is 16.9. The molecule has 0 radical (unpaired) electrons. The van der Waals surface area contributed by atoms with Gasteiger partial charge in [-0.3, -0.25) is 4.48 Å². The molecule has 0 fully saturated rings. The molecule has 238 valence electrons. The van der Waals surface area contributed by atoms with Crippen molar-refractivity contribution in [2.24, 2.45) is 0 Å². The molecule has 5 aromatic carbocycles. The Morgan fingerprint density at radius 2 is 1.11 bits per heavy atom. The Bertz CT molecular complexity index is 1550. The van der Waals surface area contributed by atoms with E-state index in [0.717, 1.165) is 34.9 Å². The summed E-state index contributed by atoms with van der Waals surface area (Å²) in [6.45, 7) is 3.23. The second kappa shape index (κ2) is 18.1. The number of benzene rings is 5. The highest BCUT2D eigenvalue weighted by Gasteiger charge is 2.29. The predicted molar refractivity (Wildman–Crippen MR) is 199 cm³/mol. The summed E-state index contributed by atoms with van der Waals surface area (Å²) in [5, 5.41) is 2.02. The molecule has 46 heavy (non-hydrogen) atoms. The van der Waals surface area contributed by atoms with E-state index in [1.165, 1.54) is 30.5 Å². The highest BCUT2D eigenvalue weighted by atomic mass is 35.5. The number of rotatable bonds is 13. The number of nitrogens with zero attached hydrogens (tertiary/aromatic N) is 1. The van der Waals surface area contributed by atoms with Gasteiger partial charge in [0.25, 0.3) is 0 Å². The van der Waals surface area contributed by atoms with Gasteiger partial charge in [-0.25, -0.2) is 0 Å². The molecule has 0 unspecified atom stereocenters. The number of hydrogen-bond donors (Lipinski definition) is 0. The number of unbranched alkanes of at least 4 members (excludes halogenated alkanes) is 3. The molecule has 0 saturated carbocycles. The zero-order valence-corrected chi connectivity index (χ0v) is 29.1. The van der Waals surface area contributed by atoms with Crippen LogP contribution in [0.4, 0.5) is 5.69 Å². The lowest BCUT2D eigenvalue weighted by atomic mass is 9.74. The summed E-state index contributed by atoms with van der Waals surface area (Å²) >= 11 is 18.3. The highest BCUT2D eigenvalue weighted by molar-refractivity contribution is 6.63. The molecule has 0 atom stereocenters. The van der Waals surface area contributed by atoms with Gasteiger partial charge in [0.05, 0.1) is 14.1 Å². The first-order chi connectivity index (χ1) is 22.2. The molecule has 0 bridgehead atoms. The number of aryl methyl sites for hydroxylation is 1. The monoisotopic (exact) mass is 672 g/mol. The van der Waals surface area contributed by atoms with Crippen LogP contribution in [-0.4, -0.2) is 21.2 Å². The molecule has 0 aromatic heterocycles. The first kappa shape index (κ1) is 35.4. The molecule has 0 spiro atoms. The molecule has 0 N–H and O–H groups in total. The Labute approximate surface area is 290 Å². The van der Waals surface area contributed by atoms with E-state index >= 15 is 0 Å². The van der Waals surface area contributed by atoms with Crippen molar-refractivity contribution in [1.82, 2.24) is 4.48 Å². The van der Waals surface area contributed by atoms with Crippen molar-refractivity contribution in [3.8, 4) is 11.5 Å². The molecule has 0 heterocycles. The third-order valence-electron chi connectivity index (χ3n) is 7.65. The minimum atomic E-state index is -0.634. The average Bonchev–Trinajstić information content (AvgIpc) is 3.06. The van der Waals surface area contributed by atoms with Crippen molar-refractivity contribution in [2.75, 3.05) is 14.1 Å². The zero-order chi connectivity index (χ0) is 32.8. The average molecular weight is 674 g/mol. The summed E-state index contributed by atoms with van der Waals surface area (Å²) in [7, 11) is 3.84. The molecule has 5 aromatic rings. The third kappa shape index (κ3) is 11.4. The normalized spacial score (nSPS) is 10.9. The fraction of sp³-hybridized carbons (Fsp3) is 0.231. The van der Waals surface area contributed by atoms with Gasteiger partial charge in [0.1, 0.15) is 23.7 Å². The van der Waals surface area contributed by atoms with Gasteiger partial charge in [-0.15, -0.1) is 0 Å². The SMILES string of the molecule is CCCCCCc1cc(Cl)ccc1B(Oc1ccc(Cl)cc1)Oc1ccc(Cl)cc1.C[N+](C)(Cc1ccccc1)c1ccccc1. The Balaban J connectivity index is 0.000000252. The van der Waals surface area contributed by atoms with Crippen LogP contribution in [-0.2, 0) is 13.0 Å². The van der Waals surface area contributed by atoms with E-state index in [1.54, 1.807) is 24.3 Å². The molecule has 0 saturated heterocycles. The molecule has 5 rings (SSSR count). The van der Waals surface area contributed by atoms with Crippen molar-refractivity contribution in [2.45, 2.75) is 45.6 Å². The van der Waals surface area contributed by atoms with Crippen LogP contribution >= 0.6 is 34.8 Å². The summed E-state index contributed by atoms with van der Waals surface area (Å²) in [6.07, 6.45) is 5.62. The zero-order valence-electron chi connectivity index (χ0n) is 26.8. The standard InChI is InChI=1S/C24H24BCl3O2.C15H18N/c1-2-3-4-5-6-18-17-21(28)11-16-24(18)25(29-22-12-7-19(26)8-13-22)30-23-14-9-20(27)10-15-23;1-16(2,15-11-7-4-8-12-15)13-14-9-5-3-6-10-14/h7-17H,2-6H2,1H3;3-12H,13H2,1-2H3/q;+1. The molecular weight excluding hydrogens is 632 g/mol. The van der Waals surface area contributed by atoms with Crippen LogP contribution in [0.3, 0.4) is 0 Å². The second-order valence-corrected chi connectivity index (χ2v) is 13.1.